The lowest BCUT2D eigenvalue weighted by Gasteiger charge is -2.35. The summed E-state index contributed by atoms with van der Waals surface area (Å²) in [6.07, 6.45) is -6.06. The molecule has 0 aromatic heterocycles. The van der Waals surface area contributed by atoms with Gasteiger partial charge in [0.05, 0.1) is 0 Å². The summed E-state index contributed by atoms with van der Waals surface area (Å²) in [7, 11) is 0. The smallest absolute Gasteiger partial charge is 0.276 e. The van der Waals surface area contributed by atoms with Gasteiger partial charge < -0.3 is 0 Å². The van der Waals surface area contributed by atoms with E-state index in [0.717, 1.165) is 0 Å². The van der Waals surface area contributed by atoms with Crippen molar-refractivity contribution in [1.82, 2.24) is 0 Å². The molecule has 0 fully saturated rings. The van der Waals surface area contributed by atoms with E-state index in [9.17, 15) is 26.3 Å². The van der Waals surface area contributed by atoms with Gasteiger partial charge in [-0.15, -0.1) is 0 Å². The fourth-order valence-corrected chi connectivity index (χ4v) is 0.962. The van der Waals surface area contributed by atoms with E-state index in [1.54, 1.807) is 0 Å². The standard InChI is InChI=1S/C5Cl6F6O/c6-1(12,5(15,16)17)3(10,13)18-4(11,14)2(7,8)9. The molecule has 0 bridgehead atoms. The van der Waals surface area contributed by atoms with E-state index in [4.69, 9.17) is 34.8 Å². The predicted molar refractivity (Wildman–Crippen MR) is 56.5 cm³/mol. The van der Waals surface area contributed by atoms with Crippen LogP contribution >= 0.6 is 69.6 Å². The molecule has 0 aliphatic rings. The molecule has 0 radical (unpaired) electrons. The van der Waals surface area contributed by atoms with Crippen LogP contribution in [0.5, 0.6) is 0 Å². The molecule has 18 heavy (non-hydrogen) atoms. The Morgan fingerprint density at radius 2 is 0.944 bits per heavy atom. The fraction of sp³-hybridized carbons (Fsp3) is 1.00. The summed E-state index contributed by atoms with van der Waals surface area (Å²) in [5.41, 5.74) is 0. The molecule has 0 N–H and O–H groups in total. The van der Waals surface area contributed by atoms with E-state index in [2.05, 4.69) is 39.5 Å². The van der Waals surface area contributed by atoms with Crippen LogP contribution in [0, 0.1) is 0 Å². The summed E-state index contributed by atoms with van der Waals surface area (Å²) in [4.78, 5) is 0. The van der Waals surface area contributed by atoms with Crippen LogP contribution in [0.25, 0.3) is 0 Å². The molecule has 0 saturated carbocycles. The Hall–Kier alpha value is 1.28. The molecule has 3 atom stereocenters. The van der Waals surface area contributed by atoms with Gasteiger partial charge in [-0.25, -0.2) is 4.39 Å². The highest BCUT2D eigenvalue weighted by Crippen LogP contribution is 2.55. The predicted octanol–water partition coefficient (Wildman–Crippen LogP) is 5.56. The van der Waals surface area contributed by atoms with Crippen molar-refractivity contribution in [2.45, 2.75) is 25.7 Å². The highest BCUT2D eigenvalue weighted by molar-refractivity contribution is 6.70. The highest BCUT2D eigenvalue weighted by Gasteiger charge is 2.73. The van der Waals surface area contributed by atoms with Gasteiger partial charge in [0.25, 0.3) is 3.79 Å². The van der Waals surface area contributed by atoms with Crippen molar-refractivity contribution < 1.29 is 31.1 Å². The third-order valence-corrected chi connectivity index (χ3v) is 3.58. The average molecular weight is 403 g/mol. The average Bonchev–Trinajstić information content (AvgIpc) is 1.96. The van der Waals surface area contributed by atoms with Crippen LogP contribution < -0.4 is 0 Å². The van der Waals surface area contributed by atoms with Gasteiger partial charge >= 0.3 is 21.9 Å². The molecular weight excluding hydrogens is 403 g/mol. The lowest BCUT2D eigenvalue weighted by Crippen LogP contribution is -2.55. The van der Waals surface area contributed by atoms with Crippen molar-refractivity contribution >= 4 is 69.6 Å². The zero-order chi connectivity index (χ0) is 15.2. The Morgan fingerprint density at radius 1 is 0.611 bits per heavy atom. The first-order valence-corrected chi connectivity index (χ1v) is 5.69. The normalized spacial score (nSPS) is 24.0. The van der Waals surface area contributed by atoms with Crippen LogP contribution in [0.4, 0.5) is 26.3 Å². The van der Waals surface area contributed by atoms with Gasteiger partial charge in [0.1, 0.15) is 0 Å². The van der Waals surface area contributed by atoms with Gasteiger partial charge in [-0.2, -0.15) is 22.0 Å². The number of alkyl halides is 12. The summed E-state index contributed by atoms with van der Waals surface area (Å²) < 4.78 is 75.3. The van der Waals surface area contributed by atoms with Gasteiger partial charge in [0.15, 0.2) is 0 Å². The molecule has 0 amide bonds. The molecule has 0 heterocycles. The molecule has 0 aliphatic heterocycles. The second-order valence-corrected chi connectivity index (χ2v) is 6.48. The Balaban J connectivity index is 5.33. The van der Waals surface area contributed by atoms with Crippen LogP contribution in [0.15, 0.2) is 0 Å². The van der Waals surface area contributed by atoms with Crippen LogP contribution in [0.1, 0.15) is 0 Å². The minimum absolute atomic E-state index is 3.16. The summed E-state index contributed by atoms with van der Waals surface area (Å²) in [6.45, 7) is 0. The maximum atomic E-state index is 13.2. The van der Waals surface area contributed by atoms with E-state index >= 15 is 0 Å². The molecule has 0 aliphatic carbocycles. The third kappa shape index (κ3) is 3.90. The number of ether oxygens (including phenoxy) is 1. The zero-order valence-corrected chi connectivity index (χ0v) is 12.0. The van der Waals surface area contributed by atoms with Crippen LogP contribution in [-0.2, 0) is 4.74 Å². The highest BCUT2D eigenvalue weighted by atomic mass is 35.6. The largest absolute Gasteiger partial charge is 0.444 e. The van der Waals surface area contributed by atoms with Crippen molar-refractivity contribution in [2.24, 2.45) is 0 Å². The monoisotopic (exact) mass is 400 g/mol. The third-order valence-electron chi connectivity index (χ3n) is 1.31. The molecule has 0 aromatic rings. The van der Waals surface area contributed by atoms with Crippen molar-refractivity contribution in [3.05, 3.63) is 0 Å². The molecular formula is C5Cl6F6O. The maximum absolute atomic E-state index is 13.2. The van der Waals surface area contributed by atoms with Crippen molar-refractivity contribution in [3.8, 4) is 0 Å². The summed E-state index contributed by atoms with van der Waals surface area (Å²) in [6, 6.07) is 0. The molecule has 13 heteroatoms. The fourth-order valence-electron chi connectivity index (χ4n) is 0.448. The number of halogens is 12. The van der Waals surface area contributed by atoms with E-state index in [-0.39, 0.29) is 0 Å². The molecule has 3 unspecified atom stereocenters. The quantitative estimate of drug-likeness (QED) is 0.443. The summed E-state index contributed by atoms with van der Waals surface area (Å²) in [5.74, 6) is 0. The Kier molecular flexibility index (Phi) is 5.61. The van der Waals surface area contributed by atoms with E-state index < -0.39 is 25.7 Å². The van der Waals surface area contributed by atoms with Crippen LogP contribution in [0.2, 0.25) is 0 Å². The Bertz CT molecular complexity index is 309. The Labute approximate surface area is 126 Å². The summed E-state index contributed by atoms with van der Waals surface area (Å²) in [5, 5.41) is -14.6. The lowest BCUT2D eigenvalue weighted by molar-refractivity contribution is -0.300. The van der Waals surface area contributed by atoms with Crippen molar-refractivity contribution in [2.75, 3.05) is 0 Å². The molecule has 0 saturated heterocycles. The van der Waals surface area contributed by atoms with Gasteiger partial charge in [0.2, 0.25) is 0 Å². The van der Waals surface area contributed by atoms with Crippen LogP contribution in [0.3, 0.4) is 0 Å². The van der Waals surface area contributed by atoms with Crippen LogP contribution in [-0.4, -0.2) is 25.7 Å². The van der Waals surface area contributed by atoms with E-state index in [1.807, 2.05) is 0 Å². The van der Waals surface area contributed by atoms with E-state index in [0.29, 0.717) is 0 Å². The summed E-state index contributed by atoms with van der Waals surface area (Å²) >= 11 is 27.7. The molecule has 0 rings (SSSR count). The van der Waals surface area contributed by atoms with Gasteiger partial charge in [-0.3, -0.25) is 4.74 Å². The molecule has 0 aromatic carbocycles. The first-order chi connectivity index (χ1) is 7.46. The SMILES string of the molecule is FC(F)(F)C(F)(Cl)C(F)(Cl)OC(F)(Cl)C(Cl)(Cl)Cl. The van der Waals surface area contributed by atoms with Gasteiger partial charge in [-0.1, -0.05) is 46.4 Å². The maximum Gasteiger partial charge on any atom is 0.444 e. The Morgan fingerprint density at radius 3 is 1.17 bits per heavy atom. The lowest BCUT2D eigenvalue weighted by atomic mass is 10.3. The van der Waals surface area contributed by atoms with Gasteiger partial charge in [0, 0.05) is 0 Å². The molecule has 0 spiro atoms. The molecule has 1 nitrogen and oxygen atoms in total. The first kappa shape index (κ1) is 19.3. The molecule has 110 valence electrons. The number of hydrogen-bond acceptors (Lipinski definition) is 1. The number of hydrogen-bond donors (Lipinski definition) is 0. The minimum Gasteiger partial charge on any atom is -0.276 e. The number of rotatable bonds is 3. The van der Waals surface area contributed by atoms with Gasteiger partial charge in [-0.05, 0) is 23.2 Å². The van der Waals surface area contributed by atoms with Crippen molar-refractivity contribution in [3.63, 3.8) is 0 Å². The first-order valence-electron chi connectivity index (χ1n) is 3.43. The van der Waals surface area contributed by atoms with Crippen molar-refractivity contribution in [1.29, 1.82) is 0 Å². The zero-order valence-electron chi connectivity index (χ0n) is 7.44. The van der Waals surface area contributed by atoms with E-state index in [1.165, 1.54) is 0 Å². The second kappa shape index (κ2) is 5.24. The minimum atomic E-state index is -6.06. The topological polar surface area (TPSA) is 9.23 Å². The second-order valence-electron chi connectivity index (χ2n) is 2.71.